The Labute approximate surface area is 84.2 Å². The van der Waals surface area contributed by atoms with Crippen LogP contribution in [0.25, 0.3) is 0 Å². The number of rotatable bonds is 0. The zero-order chi connectivity index (χ0) is 10.4. The lowest BCUT2D eigenvalue weighted by Gasteiger charge is -2.26. The lowest BCUT2D eigenvalue weighted by Crippen LogP contribution is -2.21. The Morgan fingerprint density at radius 3 is 2.43 bits per heavy atom. The molecule has 0 spiro atoms. The maximum absolute atomic E-state index is 11.7. The Bertz CT molecular complexity index is 496. The molecule has 1 aliphatic heterocycles. The minimum atomic E-state index is -3.19. The van der Waals surface area contributed by atoms with Crippen LogP contribution in [0.15, 0.2) is 40.6 Å². The van der Waals surface area contributed by atoms with Crippen LogP contribution in [-0.2, 0) is 15.3 Å². The number of hydrogen-bond donors (Lipinski definition) is 0. The van der Waals surface area contributed by atoms with Crippen molar-refractivity contribution in [3.63, 3.8) is 0 Å². The van der Waals surface area contributed by atoms with Gasteiger partial charge in [-0.05, 0) is 11.6 Å². The van der Waals surface area contributed by atoms with Crippen LogP contribution in [-0.4, -0.2) is 8.42 Å². The van der Waals surface area contributed by atoms with E-state index in [0.29, 0.717) is 4.90 Å². The summed E-state index contributed by atoms with van der Waals surface area (Å²) in [7, 11) is -3.19. The molecule has 0 amide bonds. The molecule has 0 aliphatic carbocycles. The second-order valence-corrected chi connectivity index (χ2v) is 5.87. The first-order valence-corrected chi connectivity index (χ1v) is 6.02. The SMILES string of the molecule is CC1(C)C=CS(=O)(=O)c2ccccc21. The van der Waals surface area contributed by atoms with Crippen molar-refractivity contribution >= 4 is 9.84 Å². The molecule has 0 bridgehead atoms. The Balaban J connectivity index is 2.81. The van der Waals surface area contributed by atoms with Gasteiger partial charge in [0, 0.05) is 10.8 Å². The van der Waals surface area contributed by atoms with Crippen LogP contribution in [0.5, 0.6) is 0 Å². The fourth-order valence-corrected chi connectivity index (χ4v) is 3.24. The van der Waals surface area contributed by atoms with E-state index in [0.717, 1.165) is 5.56 Å². The molecule has 2 rings (SSSR count). The van der Waals surface area contributed by atoms with Gasteiger partial charge in [0.2, 0.25) is 0 Å². The first-order valence-electron chi connectivity index (χ1n) is 4.47. The second kappa shape index (κ2) is 2.70. The highest BCUT2D eigenvalue weighted by Gasteiger charge is 2.30. The molecule has 2 nitrogen and oxygen atoms in total. The van der Waals surface area contributed by atoms with E-state index in [1.165, 1.54) is 5.41 Å². The van der Waals surface area contributed by atoms with Gasteiger partial charge in [0.05, 0.1) is 4.90 Å². The molecular weight excluding hydrogens is 196 g/mol. The number of benzene rings is 1. The van der Waals surface area contributed by atoms with Gasteiger partial charge in [-0.15, -0.1) is 0 Å². The van der Waals surface area contributed by atoms with Crippen molar-refractivity contribution < 1.29 is 8.42 Å². The molecule has 1 heterocycles. The second-order valence-electron chi connectivity index (χ2n) is 4.07. The van der Waals surface area contributed by atoms with Crippen molar-refractivity contribution in [1.82, 2.24) is 0 Å². The van der Waals surface area contributed by atoms with Gasteiger partial charge in [-0.1, -0.05) is 38.1 Å². The van der Waals surface area contributed by atoms with E-state index in [-0.39, 0.29) is 5.41 Å². The molecule has 0 unspecified atom stereocenters. The topological polar surface area (TPSA) is 34.1 Å². The molecule has 0 saturated carbocycles. The van der Waals surface area contributed by atoms with Gasteiger partial charge >= 0.3 is 0 Å². The van der Waals surface area contributed by atoms with Gasteiger partial charge in [0.1, 0.15) is 0 Å². The van der Waals surface area contributed by atoms with E-state index in [2.05, 4.69) is 0 Å². The maximum Gasteiger partial charge on any atom is 0.199 e. The summed E-state index contributed by atoms with van der Waals surface area (Å²) in [5.41, 5.74) is 0.685. The largest absolute Gasteiger partial charge is 0.219 e. The van der Waals surface area contributed by atoms with Crippen LogP contribution >= 0.6 is 0 Å². The van der Waals surface area contributed by atoms with E-state index >= 15 is 0 Å². The summed E-state index contributed by atoms with van der Waals surface area (Å²) >= 11 is 0. The molecule has 74 valence electrons. The Kier molecular flexibility index (Phi) is 1.83. The molecule has 1 aromatic carbocycles. The average molecular weight is 208 g/mol. The first kappa shape index (κ1) is 9.46. The molecule has 0 N–H and O–H groups in total. The summed E-state index contributed by atoms with van der Waals surface area (Å²) < 4.78 is 23.3. The number of sulfone groups is 1. The Hall–Kier alpha value is -1.09. The van der Waals surface area contributed by atoms with Gasteiger partial charge < -0.3 is 0 Å². The van der Waals surface area contributed by atoms with Crippen molar-refractivity contribution in [2.24, 2.45) is 0 Å². The highest BCUT2D eigenvalue weighted by atomic mass is 32.2. The van der Waals surface area contributed by atoms with Crippen molar-refractivity contribution in [3.05, 3.63) is 41.3 Å². The lowest BCUT2D eigenvalue weighted by atomic mass is 9.85. The van der Waals surface area contributed by atoms with Crippen molar-refractivity contribution in [3.8, 4) is 0 Å². The molecule has 0 saturated heterocycles. The van der Waals surface area contributed by atoms with Crippen LogP contribution in [0.2, 0.25) is 0 Å². The first-order chi connectivity index (χ1) is 6.43. The smallest absolute Gasteiger partial charge is 0.199 e. The minimum Gasteiger partial charge on any atom is -0.219 e. The van der Waals surface area contributed by atoms with Crippen LogP contribution < -0.4 is 0 Å². The van der Waals surface area contributed by atoms with Crippen LogP contribution in [0.1, 0.15) is 19.4 Å². The quantitative estimate of drug-likeness (QED) is 0.655. The molecule has 0 radical (unpaired) electrons. The predicted molar refractivity (Wildman–Crippen MR) is 55.8 cm³/mol. The van der Waals surface area contributed by atoms with Crippen LogP contribution in [0.3, 0.4) is 0 Å². The maximum atomic E-state index is 11.7. The van der Waals surface area contributed by atoms with Gasteiger partial charge in [-0.3, -0.25) is 0 Å². The standard InChI is InChI=1S/C11H12O2S/c1-11(2)7-8-14(12,13)10-6-4-3-5-9(10)11/h3-8H,1-2H3. The highest BCUT2D eigenvalue weighted by molar-refractivity contribution is 7.94. The van der Waals surface area contributed by atoms with Gasteiger partial charge in [-0.25, -0.2) is 8.42 Å². The zero-order valence-electron chi connectivity index (χ0n) is 8.19. The fraction of sp³-hybridized carbons (Fsp3) is 0.273. The molecule has 0 atom stereocenters. The number of hydrogen-bond acceptors (Lipinski definition) is 2. The van der Waals surface area contributed by atoms with E-state index in [9.17, 15) is 8.42 Å². The van der Waals surface area contributed by atoms with Crippen molar-refractivity contribution in [2.45, 2.75) is 24.2 Å². The lowest BCUT2D eigenvalue weighted by molar-refractivity contribution is 0.587. The van der Waals surface area contributed by atoms with Gasteiger partial charge in [0.25, 0.3) is 0 Å². The third-order valence-corrected chi connectivity index (χ3v) is 4.02. The van der Waals surface area contributed by atoms with Crippen LogP contribution in [0, 0.1) is 0 Å². The summed E-state index contributed by atoms with van der Waals surface area (Å²) in [4.78, 5) is 0.438. The van der Waals surface area contributed by atoms with Crippen molar-refractivity contribution in [1.29, 1.82) is 0 Å². The monoisotopic (exact) mass is 208 g/mol. The third-order valence-electron chi connectivity index (χ3n) is 2.55. The molecule has 0 fully saturated rings. The molecule has 0 aromatic heterocycles. The normalized spacial score (nSPS) is 21.6. The summed E-state index contributed by atoms with van der Waals surface area (Å²) in [5, 5.41) is 1.30. The Morgan fingerprint density at radius 2 is 1.79 bits per heavy atom. The van der Waals surface area contributed by atoms with E-state index in [1.807, 2.05) is 26.0 Å². The van der Waals surface area contributed by atoms with Gasteiger partial charge in [-0.2, -0.15) is 0 Å². The Morgan fingerprint density at radius 1 is 1.14 bits per heavy atom. The molecule has 1 aromatic rings. The molecule has 3 heteroatoms. The van der Waals surface area contributed by atoms with E-state index in [1.54, 1.807) is 18.2 Å². The summed E-state index contributed by atoms with van der Waals surface area (Å²) in [6.45, 7) is 4.02. The summed E-state index contributed by atoms with van der Waals surface area (Å²) in [6, 6.07) is 7.16. The van der Waals surface area contributed by atoms with E-state index < -0.39 is 9.84 Å². The summed E-state index contributed by atoms with van der Waals surface area (Å²) in [5.74, 6) is 0. The highest BCUT2D eigenvalue weighted by Crippen LogP contribution is 2.35. The molecule has 14 heavy (non-hydrogen) atoms. The van der Waals surface area contributed by atoms with Gasteiger partial charge in [0.15, 0.2) is 9.84 Å². The van der Waals surface area contributed by atoms with Crippen molar-refractivity contribution in [2.75, 3.05) is 0 Å². The summed E-state index contributed by atoms with van der Waals surface area (Å²) in [6.07, 6.45) is 1.74. The third kappa shape index (κ3) is 1.28. The number of fused-ring (bicyclic) bond motifs is 1. The van der Waals surface area contributed by atoms with E-state index in [4.69, 9.17) is 0 Å². The molecule has 1 aliphatic rings. The predicted octanol–water partition coefficient (Wildman–Crippen LogP) is 2.27. The average Bonchev–Trinajstić information content (AvgIpc) is 2.14. The molecular formula is C11H12O2S. The zero-order valence-corrected chi connectivity index (χ0v) is 9.01. The fourth-order valence-electron chi connectivity index (χ4n) is 1.67. The number of allylic oxidation sites excluding steroid dienone is 1. The minimum absolute atomic E-state index is 0.193. The van der Waals surface area contributed by atoms with Crippen LogP contribution in [0.4, 0.5) is 0 Å².